The standard InChI is InChI=1S/C23H15BrCl2N2O3/c24-20-12-17(26)10-15(21(20)31-13-14-6-8-16(25)9-7-14)11-19-22(29)27-28(23(19)30)18-4-2-1-3-5-18/h1-12H,13H2,(H,27,29)/b19-11-. The zero-order chi connectivity index (χ0) is 22.0. The SMILES string of the molecule is O=C1NN(c2ccccc2)C(=O)/C1=C\c1cc(Cl)cc(Br)c1OCc1ccc(Cl)cc1. The van der Waals surface area contributed by atoms with Gasteiger partial charge in [-0.05, 0) is 64.0 Å². The van der Waals surface area contributed by atoms with E-state index in [0.29, 0.717) is 31.5 Å². The molecule has 0 saturated carbocycles. The summed E-state index contributed by atoms with van der Waals surface area (Å²) in [7, 11) is 0. The van der Waals surface area contributed by atoms with Gasteiger partial charge in [-0.15, -0.1) is 0 Å². The minimum Gasteiger partial charge on any atom is -0.487 e. The third-order valence-electron chi connectivity index (χ3n) is 4.54. The maximum Gasteiger partial charge on any atom is 0.282 e. The first kappa shape index (κ1) is 21.4. The number of carbonyl (C=O) groups excluding carboxylic acids is 2. The fraction of sp³-hybridized carbons (Fsp3) is 0.0435. The van der Waals surface area contributed by atoms with Crippen LogP contribution in [0.5, 0.6) is 5.75 Å². The number of hydrogen-bond donors (Lipinski definition) is 1. The highest BCUT2D eigenvalue weighted by Crippen LogP contribution is 2.35. The molecule has 31 heavy (non-hydrogen) atoms. The molecule has 1 aliphatic rings. The zero-order valence-electron chi connectivity index (χ0n) is 15.9. The highest BCUT2D eigenvalue weighted by atomic mass is 79.9. The second-order valence-corrected chi connectivity index (χ2v) is 8.42. The molecule has 0 unspecified atom stereocenters. The van der Waals surface area contributed by atoms with E-state index < -0.39 is 11.8 Å². The molecule has 5 nitrogen and oxygen atoms in total. The molecule has 1 aliphatic heterocycles. The monoisotopic (exact) mass is 516 g/mol. The van der Waals surface area contributed by atoms with Crippen molar-refractivity contribution in [3.8, 4) is 5.75 Å². The molecule has 0 atom stereocenters. The van der Waals surface area contributed by atoms with Crippen LogP contribution in [0.25, 0.3) is 6.08 Å². The highest BCUT2D eigenvalue weighted by Gasteiger charge is 2.34. The van der Waals surface area contributed by atoms with E-state index in [1.54, 1.807) is 48.5 Å². The Morgan fingerprint density at radius 2 is 1.68 bits per heavy atom. The Morgan fingerprint density at radius 1 is 0.968 bits per heavy atom. The molecule has 0 aliphatic carbocycles. The summed E-state index contributed by atoms with van der Waals surface area (Å²) in [6.45, 7) is 0.268. The Bertz CT molecular complexity index is 1180. The van der Waals surface area contributed by atoms with Crippen LogP contribution in [-0.2, 0) is 16.2 Å². The molecule has 1 N–H and O–H groups in total. The Labute approximate surface area is 197 Å². The molecule has 4 rings (SSSR count). The van der Waals surface area contributed by atoms with Gasteiger partial charge in [-0.25, -0.2) is 5.01 Å². The third-order valence-corrected chi connectivity index (χ3v) is 5.60. The predicted octanol–water partition coefficient (Wildman–Crippen LogP) is 5.80. The van der Waals surface area contributed by atoms with Gasteiger partial charge in [0.05, 0.1) is 10.2 Å². The summed E-state index contributed by atoms with van der Waals surface area (Å²) in [5.74, 6) is -0.504. The summed E-state index contributed by atoms with van der Waals surface area (Å²) in [4.78, 5) is 25.4. The molecule has 1 saturated heterocycles. The number of hydrogen-bond acceptors (Lipinski definition) is 3. The van der Waals surface area contributed by atoms with Gasteiger partial charge >= 0.3 is 0 Å². The van der Waals surface area contributed by atoms with Crippen molar-refractivity contribution in [1.82, 2.24) is 5.43 Å². The van der Waals surface area contributed by atoms with Gasteiger partial charge in [0.15, 0.2) is 0 Å². The maximum atomic E-state index is 12.9. The first-order valence-corrected chi connectivity index (χ1v) is 10.8. The largest absolute Gasteiger partial charge is 0.487 e. The van der Waals surface area contributed by atoms with Crippen LogP contribution < -0.4 is 15.2 Å². The molecule has 8 heteroatoms. The quantitative estimate of drug-likeness (QED) is 0.344. The number of anilines is 1. The molecule has 3 aromatic rings. The fourth-order valence-corrected chi connectivity index (χ4v) is 4.12. The number of hydrazine groups is 1. The van der Waals surface area contributed by atoms with Gasteiger partial charge in [-0.1, -0.05) is 53.5 Å². The average molecular weight is 518 g/mol. The Morgan fingerprint density at radius 3 is 2.39 bits per heavy atom. The van der Waals surface area contributed by atoms with E-state index in [-0.39, 0.29) is 12.2 Å². The summed E-state index contributed by atoms with van der Waals surface area (Å²) in [6.07, 6.45) is 1.48. The minimum absolute atomic E-state index is 0.0191. The number of amides is 2. The molecule has 3 aromatic carbocycles. The smallest absolute Gasteiger partial charge is 0.282 e. The summed E-state index contributed by atoms with van der Waals surface area (Å²) >= 11 is 15.6. The number of para-hydroxylation sites is 1. The van der Waals surface area contributed by atoms with Crippen molar-refractivity contribution in [2.75, 3.05) is 5.01 Å². The molecule has 1 heterocycles. The molecule has 0 bridgehead atoms. The van der Waals surface area contributed by atoms with Gasteiger partial charge in [0.1, 0.15) is 17.9 Å². The molecule has 0 radical (unpaired) electrons. The predicted molar refractivity (Wildman–Crippen MR) is 125 cm³/mol. The molecular formula is C23H15BrCl2N2O3. The average Bonchev–Trinajstić information content (AvgIpc) is 3.03. The zero-order valence-corrected chi connectivity index (χ0v) is 19.0. The normalized spacial score (nSPS) is 14.8. The second kappa shape index (κ2) is 9.14. The van der Waals surface area contributed by atoms with E-state index in [1.165, 1.54) is 11.1 Å². The number of benzene rings is 3. The van der Waals surface area contributed by atoms with Crippen LogP contribution in [0.15, 0.2) is 76.8 Å². The van der Waals surface area contributed by atoms with E-state index in [0.717, 1.165) is 5.56 Å². The molecule has 1 fully saturated rings. The minimum atomic E-state index is -0.506. The van der Waals surface area contributed by atoms with Crippen LogP contribution in [0.4, 0.5) is 5.69 Å². The lowest BCUT2D eigenvalue weighted by atomic mass is 10.1. The van der Waals surface area contributed by atoms with Gasteiger partial charge in [0.25, 0.3) is 11.8 Å². The number of carbonyl (C=O) groups is 2. The van der Waals surface area contributed by atoms with Crippen LogP contribution in [0.3, 0.4) is 0 Å². The summed E-state index contributed by atoms with van der Waals surface area (Å²) < 4.78 is 6.59. The van der Waals surface area contributed by atoms with E-state index >= 15 is 0 Å². The number of nitrogens with one attached hydrogen (secondary N) is 1. The van der Waals surface area contributed by atoms with Gasteiger partial charge in [0.2, 0.25) is 0 Å². The van der Waals surface area contributed by atoms with Crippen molar-refractivity contribution in [3.05, 3.63) is 97.9 Å². The molecule has 0 spiro atoms. The number of halogens is 3. The van der Waals surface area contributed by atoms with Crippen LogP contribution in [0.2, 0.25) is 10.0 Å². The summed E-state index contributed by atoms with van der Waals surface area (Å²) in [5.41, 5.74) is 4.54. The lowest BCUT2D eigenvalue weighted by Gasteiger charge is -2.14. The molecule has 2 amide bonds. The topological polar surface area (TPSA) is 58.6 Å². The van der Waals surface area contributed by atoms with Crippen molar-refractivity contribution >= 4 is 62.7 Å². The number of nitrogens with zero attached hydrogens (tertiary/aromatic N) is 1. The number of ether oxygens (including phenoxy) is 1. The van der Waals surface area contributed by atoms with Gasteiger partial charge in [-0.2, -0.15) is 0 Å². The van der Waals surface area contributed by atoms with E-state index in [4.69, 9.17) is 27.9 Å². The Balaban J connectivity index is 1.65. The van der Waals surface area contributed by atoms with Crippen LogP contribution in [-0.4, -0.2) is 11.8 Å². The van der Waals surface area contributed by atoms with Crippen molar-refractivity contribution in [2.45, 2.75) is 6.61 Å². The first-order valence-electron chi connectivity index (χ1n) is 9.21. The fourth-order valence-electron chi connectivity index (χ4n) is 3.05. The lowest BCUT2D eigenvalue weighted by molar-refractivity contribution is -0.117. The maximum absolute atomic E-state index is 12.9. The molecule has 156 valence electrons. The summed E-state index contributed by atoms with van der Waals surface area (Å²) in [6, 6.07) is 19.5. The molecule has 0 aromatic heterocycles. The molecular weight excluding hydrogens is 503 g/mol. The lowest BCUT2D eigenvalue weighted by Crippen LogP contribution is -2.35. The first-order chi connectivity index (χ1) is 14.9. The van der Waals surface area contributed by atoms with E-state index in [1.807, 2.05) is 18.2 Å². The third kappa shape index (κ3) is 4.77. The Kier molecular flexibility index (Phi) is 6.32. The van der Waals surface area contributed by atoms with Gasteiger partial charge < -0.3 is 4.74 Å². The second-order valence-electron chi connectivity index (χ2n) is 6.70. The van der Waals surface area contributed by atoms with Gasteiger partial charge in [0, 0.05) is 15.6 Å². The number of rotatable bonds is 5. The van der Waals surface area contributed by atoms with E-state index in [2.05, 4.69) is 21.4 Å². The van der Waals surface area contributed by atoms with Crippen molar-refractivity contribution < 1.29 is 14.3 Å². The van der Waals surface area contributed by atoms with Crippen molar-refractivity contribution in [2.24, 2.45) is 0 Å². The van der Waals surface area contributed by atoms with Crippen molar-refractivity contribution in [1.29, 1.82) is 0 Å². The highest BCUT2D eigenvalue weighted by molar-refractivity contribution is 9.10. The van der Waals surface area contributed by atoms with Crippen LogP contribution in [0.1, 0.15) is 11.1 Å². The van der Waals surface area contributed by atoms with E-state index in [9.17, 15) is 9.59 Å². The van der Waals surface area contributed by atoms with Crippen LogP contribution >= 0.6 is 39.1 Å². The Hall–Kier alpha value is -2.80. The van der Waals surface area contributed by atoms with Crippen LogP contribution in [0, 0.1) is 0 Å². The summed E-state index contributed by atoms with van der Waals surface area (Å²) in [5, 5.41) is 2.28. The van der Waals surface area contributed by atoms with Crippen molar-refractivity contribution in [3.63, 3.8) is 0 Å². The van der Waals surface area contributed by atoms with Gasteiger partial charge in [-0.3, -0.25) is 15.0 Å².